The Labute approximate surface area is 195 Å². The molecule has 0 heterocycles. The van der Waals surface area contributed by atoms with Gasteiger partial charge >= 0.3 is 41.0 Å². The van der Waals surface area contributed by atoms with Gasteiger partial charge in [-0.15, -0.1) is 0 Å². The first kappa shape index (κ1) is 34.8. The summed E-state index contributed by atoms with van der Waals surface area (Å²) in [4.78, 5) is 0. The van der Waals surface area contributed by atoms with Crippen molar-refractivity contribution in [2.24, 2.45) is 0 Å². The van der Waals surface area contributed by atoms with Crippen LogP contribution in [0.5, 0.6) is 0 Å². The van der Waals surface area contributed by atoms with Gasteiger partial charge in [-0.05, 0) is 6.92 Å². The summed E-state index contributed by atoms with van der Waals surface area (Å²) in [7, 11) is -4.01. The second-order valence-electron chi connectivity index (χ2n) is 8.21. The topological polar surface area (TPSA) is 37.4 Å². The summed E-state index contributed by atoms with van der Waals surface area (Å²) in [6.07, 6.45) is -8.12. The second kappa shape index (κ2) is 9.85. The van der Waals surface area contributed by atoms with E-state index in [9.17, 15) is 74.3 Å². The molecule has 0 aliphatic heterocycles. The van der Waals surface area contributed by atoms with Crippen molar-refractivity contribution < 1.29 is 78.8 Å². The number of quaternary nitrogens is 1. The maximum absolute atomic E-state index is 14.2. The van der Waals surface area contributed by atoms with E-state index >= 15 is 0 Å². The predicted molar refractivity (Wildman–Crippen MR) is 94.0 cm³/mol. The summed E-state index contributed by atoms with van der Waals surface area (Å²) >= 11 is 0. The summed E-state index contributed by atoms with van der Waals surface area (Å²) in [6.45, 7) is 0.469. The molecule has 0 aromatic heterocycles. The Hall–Kier alpha value is -1.18. The zero-order chi connectivity index (χ0) is 29.6. The molecule has 0 unspecified atom stereocenters. The lowest BCUT2D eigenvalue weighted by Crippen LogP contribution is -2.73. The van der Waals surface area contributed by atoms with E-state index < -0.39 is 74.9 Å². The largest absolute Gasteiger partial charge is 0.460 e. The zero-order valence-corrected chi connectivity index (χ0v) is 19.6. The van der Waals surface area contributed by atoms with Gasteiger partial charge in [0.15, 0.2) is 0 Å². The Morgan fingerprint density at radius 1 is 0.639 bits per heavy atom. The highest BCUT2D eigenvalue weighted by Gasteiger charge is 2.94. The van der Waals surface area contributed by atoms with Gasteiger partial charge in [0.25, 0.3) is 10.0 Å². The van der Waals surface area contributed by atoms with E-state index in [-0.39, 0.29) is 11.0 Å². The van der Waals surface area contributed by atoms with Gasteiger partial charge in [-0.2, -0.15) is 70.2 Å². The van der Waals surface area contributed by atoms with Crippen molar-refractivity contribution in [3.8, 4) is 0 Å². The lowest BCUT2D eigenvalue weighted by atomic mass is 9.94. The highest BCUT2D eigenvalue weighted by Crippen LogP contribution is 2.63. The molecule has 0 saturated heterocycles. The normalized spacial score (nSPS) is 16.1. The van der Waals surface area contributed by atoms with Gasteiger partial charge in [0, 0.05) is 19.5 Å². The number of hydrogen-bond donors (Lipinski definition) is 0. The van der Waals surface area contributed by atoms with E-state index in [0.29, 0.717) is 6.54 Å². The quantitative estimate of drug-likeness (QED) is 0.211. The number of alkyl halides is 15. The molecule has 0 aliphatic rings. The first-order valence-electron chi connectivity index (χ1n) is 9.63. The minimum Gasteiger partial charge on any atom is -0.329 e. The fourth-order valence-corrected chi connectivity index (χ4v) is 4.04. The van der Waals surface area contributed by atoms with Crippen LogP contribution in [0, 0.1) is 0 Å². The van der Waals surface area contributed by atoms with Crippen molar-refractivity contribution >= 4 is 10.0 Å². The molecule has 0 saturated carbocycles. The molecule has 20 heteroatoms. The summed E-state index contributed by atoms with van der Waals surface area (Å²) < 4.78 is 223. The van der Waals surface area contributed by atoms with Crippen LogP contribution in [0.15, 0.2) is 0 Å². The molecule has 0 spiro atoms. The molecule has 0 rings (SSSR count). The summed E-state index contributed by atoms with van der Waals surface area (Å²) in [5.41, 5.74) is 0. The maximum Gasteiger partial charge on any atom is 0.460 e. The molecule has 36 heavy (non-hydrogen) atoms. The van der Waals surface area contributed by atoms with Crippen LogP contribution in [0.1, 0.15) is 20.3 Å². The fraction of sp³-hybridized carbons (Fsp3) is 1.00. The molecule has 0 fully saturated rings. The smallest absolute Gasteiger partial charge is 0.329 e. The van der Waals surface area contributed by atoms with Crippen LogP contribution in [0.4, 0.5) is 65.9 Å². The van der Waals surface area contributed by atoms with E-state index in [0.717, 1.165) is 6.92 Å². The summed E-state index contributed by atoms with van der Waals surface area (Å²) in [5, 5.41) is -7.37. The molecule has 218 valence electrons. The molecule has 4 nitrogen and oxygen atoms in total. The van der Waals surface area contributed by atoms with Crippen molar-refractivity contribution in [1.82, 2.24) is 4.31 Å². The van der Waals surface area contributed by atoms with Crippen LogP contribution in [-0.4, -0.2) is 98.5 Å². The molecule has 0 radical (unpaired) electrons. The van der Waals surface area contributed by atoms with Crippen molar-refractivity contribution in [3.05, 3.63) is 0 Å². The lowest BCUT2D eigenvalue weighted by Gasteiger charge is -2.41. The Morgan fingerprint density at radius 2 is 1.00 bits per heavy atom. The third-order valence-corrected chi connectivity index (χ3v) is 7.37. The monoisotopic (exact) mass is 591 g/mol. The van der Waals surface area contributed by atoms with Gasteiger partial charge < -0.3 is 4.48 Å². The lowest BCUT2D eigenvalue weighted by molar-refractivity contribution is -0.888. The third kappa shape index (κ3) is 5.22. The number of sulfonamides is 1. The van der Waals surface area contributed by atoms with E-state index in [2.05, 4.69) is 0 Å². The minimum atomic E-state index is -8.54. The molecule has 0 aliphatic carbocycles. The van der Waals surface area contributed by atoms with Crippen molar-refractivity contribution in [3.63, 3.8) is 0 Å². The first-order valence-corrected chi connectivity index (χ1v) is 11.1. The average Bonchev–Trinajstić information content (AvgIpc) is 2.69. The Kier molecular flexibility index (Phi) is 9.53. The minimum absolute atomic E-state index is 0.0164. The molecule has 0 amide bonds. The highest BCUT2D eigenvalue weighted by atomic mass is 32.2. The predicted octanol–water partition coefficient (Wildman–Crippen LogP) is 5.46. The molecular formula is C16H22F15N2O2S+. The van der Waals surface area contributed by atoms with Gasteiger partial charge in [0.05, 0.1) is 27.2 Å². The molecule has 0 atom stereocenters. The van der Waals surface area contributed by atoms with E-state index in [1.165, 1.54) is 0 Å². The Balaban J connectivity index is 6.58. The maximum atomic E-state index is 14.2. The zero-order valence-electron chi connectivity index (χ0n) is 18.8. The SMILES string of the molecule is CCN(CCC[N+](C)(C)CC)S(=O)(=O)C(F)(F)C(F)(F)C(F)(F)C(F)(F)C(F)(F)C(F)(F)C(F)(F)F. The highest BCUT2D eigenvalue weighted by molar-refractivity contribution is 7.90. The van der Waals surface area contributed by atoms with Gasteiger partial charge in [-0.25, -0.2) is 8.42 Å². The second-order valence-corrected chi connectivity index (χ2v) is 10.2. The first-order chi connectivity index (χ1) is 15.5. The van der Waals surface area contributed by atoms with Crippen LogP contribution in [0.25, 0.3) is 0 Å². The Bertz CT molecular complexity index is 869. The summed E-state index contributed by atoms with van der Waals surface area (Å²) in [6, 6.07) is 0. The van der Waals surface area contributed by atoms with Crippen LogP contribution in [0.2, 0.25) is 0 Å². The molecule has 0 aromatic rings. The van der Waals surface area contributed by atoms with Crippen molar-refractivity contribution in [2.45, 2.75) is 61.3 Å². The van der Waals surface area contributed by atoms with Crippen molar-refractivity contribution in [1.29, 1.82) is 0 Å². The molecule has 0 aromatic carbocycles. The molecular weight excluding hydrogens is 569 g/mol. The molecule has 0 N–H and O–H groups in total. The Morgan fingerprint density at radius 3 is 1.33 bits per heavy atom. The van der Waals surface area contributed by atoms with Gasteiger partial charge in [0.2, 0.25) is 0 Å². The van der Waals surface area contributed by atoms with Crippen LogP contribution in [0.3, 0.4) is 0 Å². The number of hydrogen-bond acceptors (Lipinski definition) is 2. The van der Waals surface area contributed by atoms with Crippen LogP contribution in [-0.2, 0) is 10.0 Å². The third-order valence-electron chi connectivity index (χ3n) is 5.34. The van der Waals surface area contributed by atoms with Gasteiger partial charge in [-0.3, -0.25) is 0 Å². The molecule has 0 bridgehead atoms. The van der Waals surface area contributed by atoms with Crippen LogP contribution >= 0.6 is 0 Å². The number of rotatable bonds is 13. The number of nitrogens with zero attached hydrogens (tertiary/aromatic N) is 2. The van der Waals surface area contributed by atoms with Gasteiger partial charge in [-0.1, -0.05) is 6.92 Å². The van der Waals surface area contributed by atoms with Crippen LogP contribution < -0.4 is 0 Å². The van der Waals surface area contributed by atoms with E-state index in [1.54, 1.807) is 21.0 Å². The van der Waals surface area contributed by atoms with E-state index in [1.807, 2.05) is 0 Å². The van der Waals surface area contributed by atoms with E-state index in [4.69, 9.17) is 0 Å². The average molecular weight is 591 g/mol. The fourth-order valence-electron chi connectivity index (χ4n) is 2.56. The van der Waals surface area contributed by atoms with Gasteiger partial charge in [0.1, 0.15) is 0 Å². The summed E-state index contributed by atoms with van der Waals surface area (Å²) in [5.74, 6) is -41.7. The van der Waals surface area contributed by atoms with Crippen molar-refractivity contribution in [2.75, 3.05) is 40.3 Å². The number of halogens is 15. The standard InChI is InChI=1S/C16H22F15N2O2S/c1-5-32(8-7-9-33(3,4)6-2)36(34,35)16(30,31)14(25,26)12(21,22)10(17,18)11(19,20)13(23,24)15(27,28)29/h5-9H2,1-4H3/q+1.